The molecule has 0 saturated heterocycles. The van der Waals surface area contributed by atoms with Crippen LogP contribution in [0.15, 0.2) is 18.2 Å². The SMILES string of the molecule is CCN(Cc1cccc(CNC(C)(C)C)n1)C1CC1. The van der Waals surface area contributed by atoms with Crippen LogP contribution in [0.4, 0.5) is 0 Å². The molecule has 1 fully saturated rings. The van der Waals surface area contributed by atoms with Crippen molar-refractivity contribution >= 4 is 0 Å². The highest BCUT2D eigenvalue weighted by molar-refractivity contribution is 5.12. The number of nitrogens with zero attached hydrogens (tertiary/aromatic N) is 2. The lowest BCUT2D eigenvalue weighted by Crippen LogP contribution is -2.35. The van der Waals surface area contributed by atoms with Gasteiger partial charge in [0.2, 0.25) is 0 Å². The van der Waals surface area contributed by atoms with Crippen molar-refractivity contribution in [3.8, 4) is 0 Å². The Morgan fingerprint density at radius 1 is 1.26 bits per heavy atom. The second kappa shape index (κ2) is 6.02. The molecule has 0 amide bonds. The summed E-state index contributed by atoms with van der Waals surface area (Å²) in [6.07, 6.45) is 2.72. The maximum absolute atomic E-state index is 4.77. The summed E-state index contributed by atoms with van der Waals surface area (Å²) in [7, 11) is 0. The van der Waals surface area contributed by atoms with Crippen LogP contribution in [-0.2, 0) is 13.1 Å². The monoisotopic (exact) mass is 261 g/mol. The van der Waals surface area contributed by atoms with Crippen molar-refractivity contribution in [3.63, 3.8) is 0 Å². The van der Waals surface area contributed by atoms with Gasteiger partial charge >= 0.3 is 0 Å². The molecule has 0 atom stereocenters. The lowest BCUT2D eigenvalue weighted by Gasteiger charge is -2.21. The Morgan fingerprint density at radius 2 is 1.95 bits per heavy atom. The Morgan fingerprint density at radius 3 is 2.53 bits per heavy atom. The summed E-state index contributed by atoms with van der Waals surface area (Å²) in [6.45, 7) is 11.7. The van der Waals surface area contributed by atoms with Crippen LogP contribution < -0.4 is 5.32 Å². The molecule has 1 saturated carbocycles. The second-order valence-corrected chi connectivity index (χ2v) is 6.52. The molecular formula is C16H27N3. The van der Waals surface area contributed by atoms with E-state index in [1.807, 2.05) is 0 Å². The maximum Gasteiger partial charge on any atom is 0.0547 e. The van der Waals surface area contributed by atoms with Crippen molar-refractivity contribution in [1.29, 1.82) is 0 Å². The van der Waals surface area contributed by atoms with E-state index in [4.69, 9.17) is 4.98 Å². The zero-order valence-corrected chi connectivity index (χ0v) is 12.7. The van der Waals surface area contributed by atoms with Crippen LogP contribution in [0.2, 0.25) is 0 Å². The number of rotatable bonds is 6. The lowest BCUT2D eigenvalue weighted by atomic mass is 10.1. The van der Waals surface area contributed by atoms with E-state index in [9.17, 15) is 0 Å². The summed E-state index contributed by atoms with van der Waals surface area (Å²) in [4.78, 5) is 7.30. The smallest absolute Gasteiger partial charge is 0.0547 e. The van der Waals surface area contributed by atoms with Crippen LogP contribution in [0.25, 0.3) is 0 Å². The topological polar surface area (TPSA) is 28.2 Å². The van der Waals surface area contributed by atoms with Gasteiger partial charge in [0.1, 0.15) is 0 Å². The van der Waals surface area contributed by atoms with Gasteiger partial charge in [0.25, 0.3) is 0 Å². The van der Waals surface area contributed by atoms with Crippen molar-refractivity contribution < 1.29 is 0 Å². The van der Waals surface area contributed by atoms with Gasteiger partial charge in [-0.05, 0) is 52.3 Å². The molecule has 0 unspecified atom stereocenters. The van der Waals surface area contributed by atoms with Crippen LogP contribution >= 0.6 is 0 Å². The molecule has 1 heterocycles. The summed E-state index contributed by atoms with van der Waals surface area (Å²) in [6, 6.07) is 7.19. The van der Waals surface area contributed by atoms with E-state index in [-0.39, 0.29) is 5.54 Å². The van der Waals surface area contributed by atoms with Crippen LogP contribution in [0.5, 0.6) is 0 Å². The van der Waals surface area contributed by atoms with Crippen LogP contribution in [0.1, 0.15) is 51.9 Å². The largest absolute Gasteiger partial charge is 0.306 e. The van der Waals surface area contributed by atoms with Crippen molar-refractivity contribution in [2.45, 2.75) is 65.2 Å². The molecule has 0 bridgehead atoms. The first-order chi connectivity index (χ1) is 8.98. The zero-order valence-electron chi connectivity index (χ0n) is 12.7. The summed E-state index contributed by atoms with van der Waals surface area (Å²) in [5.41, 5.74) is 2.47. The Balaban J connectivity index is 1.94. The van der Waals surface area contributed by atoms with Gasteiger partial charge in [-0.1, -0.05) is 13.0 Å². The van der Waals surface area contributed by atoms with E-state index in [1.165, 1.54) is 18.5 Å². The predicted molar refractivity (Wildman–Crippen MR) is 79.9 cm³/mol. The Bertz CT molecular complexity index is 405. The Kier molecular flexibility index (Phi) is 4.58. The summed E-state index contributed by atoms with van der Waals surface area (Å²) in [5, 5.41) is 3.49. The van der Waals surface area contributed by atoms with Gasteiger partial charge in [0, 0.05) is 24.7 Å². The fraction of sp³-hybridized carbons (Fsp3) is 0.688. The first-order valence-corrected chi connectivity index (χ1v) is 7.42. The van der Waals surface area contributed by atoms with Gasteiger partial charge in [0.15, 0.2) is 0 Å². The summed E-state index contributed by atoms with van der Waals surface area (Å²) < 4.78 is 0. The quantitative estimate of drug-likeness (QED) is 0.853. The molecule has 0 aromatic carbocycles. The highest BCUT2D eigenvalue weighted by atomic mass is 15.2. The molecule has 0 radical (unpaired) electrons. The summed E-state index contributed by atoms with van der Waals surface area (Å²) in [5.74, 6) is 0. The number of aromatic nitrogens is 1. The molecule has 0 aliphatic heterocycles. The van der Waals surface area contributed by atoms with Crippen LogP contribution in [0.3, 0.4) is 0 Å². The minimum atomic E-state index is 0.140. The van der Waals surface area contributed by atoms with Crippen LogP contribution in [-0.4, -0.2) is 28.0 Å². The molecule has 0 spiro atoms. The molecular weight excluding hydrogens is 234 g/mol. The average molecular weight is 261 g/mol. The number of hydrogen-bond donors (Lipinski definition) is 1. The van der Waals surface area contributed by atoms with Gasteiger partial charge < -0.3 is 5.32 Å². The molecule has 19 heavy (non-hydrogen) atoms. The number of hydrogen-bond acceptors (Lipinski definition) is 3. The molecule has 3 nitrogen and oxygen atoms in total. The number of nitrogens with one attached hydrogen (secondary N) is 1. The van der Waals surface area contributed by atoms with E-state index in [0.717, 1.165) is 31.4 Å². The zero-order chi connectivity index (χ0) is 13.9. The van der Waals surface area contributed by atoms with Crippen molar-refractivity contribution in [3.05, 3.63) is 29.6 Å². The molecule has 106 valence electrons. The normalized spacial score (nSPS) is 16.1. The fourth-order valence-corrected chi connectivity index (χ4v) is 2.22. The van der Waals surface area contributed by atoms with E-state index < -0.39 is 0 Å². The number of pyridine rings is 1. The maximum atomic E-state index is 4.77. The molecule has 2 rings (SSSR count). The van der Waals surface area contributed by atoms with Gasteiger partial charge in [-0.2, -0.15) is 0 Å². The Labute approximate surface area is 117 Å². The van der Waals surface area contributed by atoms with E-state index in [0.29, 0.717) is 0 Å². The highest BCUT2D eigenvalue weighted by Crippen LogP contribution is 2.27. The van der Waals surface area contributed by atoms with Crippen LogP contribution in [0, 0.1) is 0 Å². The van der Waals surface area contributed by atoms with E-state index in [1.54, 1.807) is 0 Å². The van der Waals surface area contributed by atoms with Crippen molar-refractivity contribution in [1.82, 2.24) is 15.2 Å². The van der Waals surface area contributed by atoms with E-state index >= 15 is 0 Å². The molecule has 1 aliphatic carbocycles. The second-order valence-electron chi connectivity index (χ2n) is 6.52. The lowest BCUT2D eigenvalue weighted by molar-refractivity contribution is 0.265. The average Bonchev–Trinajstić information content (AvgIpc) is 3.17. The molecule has 3 heteroatoms. The molecule has 1 N–H and O–H groups in total. The van der Waals surface area contributed by atoms with E-state index in [2.05, 4.69) is 56.1 Å². The summed E-state index contributed by atoms with van der Waals surface area (Å²) >= 11 is 0. The highest BCUT2D eigenvalue weighted by Gasteiger charge is 2.27. The third-order valence-corrected chi connectivity index (χ3v) is 3.50. The first kappa shape index (κ1) is 14.5. The van der Waals surface area contributed by atoms with Gasteiger partial charge in [-0.3, -0.25) is 9.88 Å². The third-order valence-electron chi connectivity index (χ3n) is 3.50. The van der Waals surface area contributed by atoms with Gasteiger partial charge in [0.05, 0.1) is 11.4 Å². The minimum absolute atomic E-state index is 0.140. The third kappa shape index (κ3) is 4.92. The van der Waals surface area contributed by atoms with Crippen molar-refractivity contribution in [2.75, 3.05) is 6.54 Å². The standard InChI is InChI=1S/C16H27N3/c1-5-19(15-9-10-15)12-14-8-6-7-13(18-14)11-17-16(2,3)4/h6-8,15,17H,5,9-12H2,1-4H3. The Hall–Kier alpha value is -0.930. The van der Waals surface area contributed by atoms with Crippen molar-refractivity contribution in [2.24, 2.45) is 0 Å². The fourth-order valence-electron chi connectivity index (χ4n) is 2.22. The first-order valence-electron chi connectivity index (χ1n) is 7.42. The predicted octanol–water partition coefficient (Wildman–Crippen LogP) is 2.95. The van der Waals surface area contributed by atoms with Gasteiger partial charge in [-0.15, -0.1) is 0 Å². The molecule has 1 aromatic rings. The molecule has 1 aliphatic rings. The molecule has 1 aromatic heterocycles. The van der Waals surface area contributed by atoms with Gasteiger partial charge in [-0.25, -0.2) is 0 Å². The minimum Gasteiger partial charge on any atom is -0.306 e.